The van der Waals surface area contributed by atoms with Crippen molar-refractivity contribution in [2.45, 2.75) is 43.7 Å². The Bertz CT molecular complexity index is 1040. The number of piperidine rings is 1. The summed E-state index contributed by atoms with van der Waals surface area (Å²) in [6.07, 6.45) is 1.46. The van der Waals surface area contributed by atoms with Crippen molar-refractivity contribution in [1.82, 2.24) is 15.1 Å². The van der Waals surface area contributed by atoms with Crippen molar-refractivity contribution in [3.63, 3.8) is 0 Å². The van der Waals surface area contributed by atoms with Gasteiger partial charge < -0.3 is 25.0 Å². The maximum Gasteiger partial charge on any atom is 0.407 e. The smallest absolute Gasteiger partial charge is 0.407 e. The molecule has 1 heterocycles. The number of nitrogens with zero attached hydrogens (tertiary/aromatic N) is 2. The second-order valence-corrected chi connectivity index (χ2v) is 9.56. The van der Waals surface area contributed by atoms with Crippen LogP contribution in [-0.4, -0.2) is 78.8 Å². The highest BCUT2D eigenvalue weighted by atomic mass is 16.5. The number of alkyl carbamates (subject to hydrolysis) is 1. The van der Waals surface area contributed by atoms with E-state index in [4.69, 9.17) is 4.74 Å². The van der Waals surface area contributed by atoms with Crippen LogP contribution < -0.4 is 5.32 Å². The number of rotatable bonds is 8. The van der Waals surface area contributed by atoms with E-state index in [1.54, 1.807) is 4.90 Å². The number of carboxylic acids is 1. The highest BCUT2D eigenvalue weighted by molar-refractivity contribution is 5.89. The molecule has 0 saturated carbocycles. The first kappa shape index (κ1) is 24.7. The fourth-order valence-corrected chi connectivity index (χ4v) is 5.26. The van der Waals surface area contributed by atoms with E-state index in [1.807, 2.05) is 55.4 Å². The molecule has 1 aliphatic heterocycles. The zero-order valence-corrected chi connectivity index (χ0v) is 20.3. The third kappa shape index (κ3) is 5.65. The Hall–Kier alpha value is -3.39. The monoisotopic (exact) mass is 479 g/mol. The second kappa shape index (κ2) is 10.9. The van der Waals surface area contributed by atoms with E-state index in [2.05, 4.69) is 17.4 Å². The predicted molar refractivity (Wildman–Crippen MR) is 132 cm³/mol. The zero-order valence-electron chi connectivity index (χ0n) is 20.3. The number of hydrogen-bond acceptors (Lipinski definition) is 5. The molecular weight excluding hydrogens is 446 g/mol. The van der Waals surface area contributed by atoms with Gasteiger partial charge in [-0.25, -0.2) is 4.79 Å². The standard InChI is InChI=1S/C27H33N3O5/c1-29(2)16-18-9-7-8-14-30(18)26(33)24(15-25(31)32)28-27(34)35-17-23-21-12-5-3-10-19(21)20-11-4-6-13-22(20)23/h3-6,10-13,18,23-24H,7-9,14-17H2,1-2H3,(H,28,34)(H,31,32). The van der Waals surface area contributed by atoms with Gasteiger partial charge in [0.15, 0.2) is 0 Å². The van der Waals surface area contributed by atoms with Crippen LogP contribution in [0.15, 0.2) is 48.5 Å². The van der Waals surface area contributed by atoms with E-state index < -0.39 is 24.5 Å². The summed E-state index contributed by atoms with van der Waals surface area (Å²) in [6, 6.07) is 14.9. The number of aliphatic carboxylic acids is 1. The van der Waals surface area contributed by atoms with E-state index in [0.717, 1.165) is 41.5 Å². The molecule has 2 unspecified atom stereocenters. The van der Waals surface area contributed by atoms with Gasteiger partial charge in [0.1, 0.15) is 12.6 Å². The Morgan fingerprint density at radius 3 is 2.29 bits per heavy atom. The molecule has 2 amide bonds. The Morgan fingerprint density at radius 1 is 1.06 bits per heavy atom. The summed E-state index contributed by atoms with van der Waals surface area (Å²) < 4.78 is 5.56. The van der Waals surface area contributed by atoms with Crippen LogP contribution >= 0.6 is 0 Å². The molecule has 8 nitrogen and oxygen atoms in total. The number of hydrogen-bond donors (Lipinski definition) is 2. The van der Waals surface area contributed by atoms with Gasteiger partial charge in [0.25, 0.3) is 0 Å². The van der Waals surface area contributed by atoms with E-state index in [0.29, 0.717) is 13.1 Å². The number of likely N-dealkylation sites (tertiary alicyclic amines) is 1. The van der Waals surface area contributed by atoms with Gasteiger partial charge in [0, 0.05) is 25.0 Å². The first-order valence-corrected chi connectivity index (χ1v) is 12.1. The van der Waals surface area contributed by atoms with Gasteiger partial charge in [-0.3, -0.25) is 9.59 Å². The molecule has 2 aromatic carbocycles. The van der Waals surface area contributed by atoms with Crippen molar-refractivity contribution >= 4 is 18.0 Å². The minimum Gasteiger partial charge on any atom is -0.481 e. The minimum absolute atomic E-state index is 0.00754. The summed E-state index contributed by atoms with van der Waals surface area (Å²) in [4.78, 5) is 41.3. The van der Waals surface area contributed by atoms with Crippen LogP contribution in [-0.2, 0) is 14.3 Å². The van der Waals surface area contributed by atoms with Crippen LogP contribution in [0.1, 0.15) is 42.7 Å². The third-order valence-corrected chi connectivity index (χ3v) is 6.80. The normalized spacial score (nSPS) is 18.0. The Balaban J connectivity index is 1.44. The van der Waals surface area contributed by atoms with Gasteiger partial charge in [-0.05, 0) is 55.6 Å². The molecule has 8 heteroatoms. The quantitative estimate of drug-likeness (QED) is 0.603. The van der Waals surface area contributed by atoms with Crippen molar-refractivity contribution in [3.8, 4) is 11.1 Å². The molecule has 2 aromatic rings. The number of ether oxygens (including phenoxy) is 1. The van der Waals surface area contributed by atoms with Gasteiger partial charge >= 0.3 is 12.1 Å². The Labute approximate surface area is 205 Å². The van der Waals surface area contributed by atoms with Crippen LogP contribution in [0, 0.1) is 0 Å². The molecule has 0 radical (unpaired) electrons. The van der Waals surface area contributed by atoms with Crippen LogP contribution in [0.25, 0.3) is 11.1 Å². The summed E-state index contributed by atoms with van der Waals surface area (Å²) in [5.74, 6) is -1.63. The lowest BCUT2D eigenvalue weighted by Crippen LogP contribution is -2.56. The lowest BCUT2D eigenvalue weighted by molar-refractivity contribution is -0.144. The van der Waals surface area contributed by atoms with Crippen LogP contribution in [0.3, 0.4) is 0 Å². The van der Waals surface area contributed by atoms with E-state index >= 15 is 0 Å². The van der Waals surface area contributed by atoms with Crippen molar-refractivity contribution in [3.05, 3.63) is 59.7 Å². The van der Waals surface area contributed by atoms with Gasteiger partial charge in [0.05, 0.1) is 6.42 Å². The number of carboxylic acid groups (broad SMARTS) is 1. The first-order chi connectivity index (χ1) is 16.8. The number of benzene rings is 2. The molecule has 2 N–H and O–H groups in total. The number of fused-ring (bicyclic) bond motifs is 3. The lowest BCUT2D eigenvalue weighted by Gasteiger charge is -2.39. The van der Waals surface area contributed by atoms with Gasteiger partial charge in [-0.1, -0.05) is 48.5 Å². The molecular formula is C27H33N3O5. The SMILES string of the molecule is CN(C)CC1CCCCN1C(=O)C(CC(=O)O)NC(=O)OCC1c2ccccc2-c2ccccc21. The Morgan fingerprint density at radius 2 is 1.69 bits per heavy atom. The summed E-state index contributed by atoms with van der Waals surface area (Å²) >= 11 is 0. The second-order valence-electron chi connectivity index (χ2n) is 9.56. The maximum absolute atomic E-state index is 13.3. The van der Waals surface area contributed by atoms with E-state index in [-0.39, 0.29) is 24.5 Å². The highest BCUT2D eigenvalue weighted by Crippen LogP contribution is 2.44. The van der Waals surface area contributed by atoms with Crippen molar-refractivity contribution in [2.75, 3.05) is 33.8 Å². The molecule has 0 bridgehead atoms. The highest BCUT2D eigenvalue weighted by Gasteiger charge is 2.35. The van der Waals surface area contributed by atoms with Crippen LogP contribution in [0.2, 0.25) is 0 Å². The van der Waals surface area contributed by atoms with E-state index in [1.165, 1.54) is 0 Å². The molecule has 1 fully saturated rings. The number of carbonyl (C=O) groups is 3. The summed E-state index contributed by atoms with van der Waals surface area (Å²) in [5, 5.41) is 11.9. The summed E-state index contributed by atoms with van der Waals surface area (Å²) in [7, 11) is 3.89. The van der Waals surface area contributed by atoms with Crippen molar-refractivity contribution in [1.29, 1.82) is 0 Å². The molecule has 4 rings (SSSR count). The summed E-state index contributed by atoms with van der Waals surface area (Å²) in [5.41, 5.74) is 4.40. The molecule has 0 aromatic heterocycles. The summed E-state index contributed by atoms with van der Waals surface area (Å²) in [6.45, 7) is 1.34. The molecule has 186 valence electrons. The van der Waals surface area contributed by atoms with Gasteiger partial charge in [-0.15, -0.1) is 0 Å². The number of amides is 2. The number of nitrogens with one attached hydrogen (secondary N) is 1. The van der Waals surface area contributed by atoms with Crippen LogP contribution in [0.4, 0.5) is 4.79 Å². The van der Waals surface area contributed by atoms with Crippen molar-refractivity contribution in [2.24, 2.45) is 0 Å². The van der Waals surface area contributed by atoms with E-state index in [9.17, 15) is 19.5 Å². The molecule has 1 aliphatic carbocycles. The minimum atomic E-state index is -1.18. The lowest BCUT2D eigenvalue weighted by atomic mass is 9.98. The fourth-order valence-electron chi connectivity index (χ4n) is 5.26. The zero-order chi connectivity index (χ0) is 24.9. The fraction of sp³-hybridized carbons (Fsp3) is 0.444. The first-order valence-electron chi connectivity index (χ1n) is 12.1. The average molecular weight is 480 g/mol. The van der Waals surface area contributed by atoms with Crippen molar-refractivity contribution < 1.29 is 24.2 Å². The topological polar surface area (TPSA) is 99.2 Å². The molecule has 35 heavy (non-hydrogen) atoms. The molecule has 1 saturated heterocycles. The molecule has 0 spiro atoms. The number of carbonyl (C=O) groups excluding carboxylic acids is 2. The van der Waals surface area contributed by atoms with Gasteiger partial charge in [0.2, 0.25) is 5.91 Å². The third-order valence-electron chi connectivity index (χ3n) is 6.80. The maximum atomic E-state index is 13.3. The molecule has 2 aliphatic rings. The predicted octanol–water partition coefficient (Wildman–Crippen LogP) is 3.31. The molecule has 2 atom stereocenters. The Kier molecular flexibility index (Phi) is 7.70. The van der Waals surface area contributed by atoms with Gasteiger partial charge in [-0.2, -0.15) is 0 Å². The number of likely N-dealkylation sites (N-methyl/N-ethyl adjacent to an activating group) is 1. The average Bonchev–Trinajstić information content (AvgIpc) is 3.15. The van der Waals surface area contributed by atoms with Crippen LogP contribution in [0.5, 0.6) is 0 Å². The largest absolute Gasteiger partial charge is 0.481 e.